The molecule has 1 aliphatic rings. The summed E-state index contributed by atoms with van der Waals surface area (Å²) >= 11 is 11.7. The molecule has 27 heavy (non-hydrogen) atoms. The van der Waals surface area contributed by atoms with Gasteiger partial charge in [0.25, 0.3) is 10.0 Å². The third kappa shape index (κ3) is 4.71. The first-order valence-electron chi connectivity index (χ1n) is 7.77. The number of sulfonamides is 1. The summed E-state index contributed by atoms with van der Waals surface area (Å²) in [4.78, 5) is 16.0. The van der Waals surface area contributed by atoms with Crippen LogP contribution in [0.3, 0.4) is 0 Å². The van der Waals surface area contributed by atoms with Crippen molar-refractivity contribution in [2.24, 2.45) is 4.99 Å². The number of hydrogen-bond acceptors (Lipinski definition) is 6. The molecule has 7 nitrogen and oxygen atoms in total. The molecule has 0 bridgehead atoms. The lowest BCUT2D eigenvalue weighted by molar-refractivity contribution is -0.145. The number of halogens is 2. The van der Waals surface area contributed by atoms with Crippen LogP contribution in [-0.2, 0) is 19.6 Å². The number of fused-ring (bicyclic) bond motifs is 1. The molecule has 0 aliphatic carbocycles. The zero-order chi connectivity index (χ0) is 19.4. The second kappa shape index (κ2) is 8.16. The van der Waals surface area contributed by atoms with Crippen molar-refractivity contribution in [3.63, 3.8) is 0 Å². The van der Waals surface area contributed by atoms with Gasteiger partial charge in [-0.05, 0) is 30.3 Å². The average Bonchev–Trinajstić information content (AvgIpc) is 2.89. The minimum Gasteiger partial charge on any atom is -0.480 e. The van der Waals surface area contributed by atoms with Gasteiger partial charge in [0.15, 0.2) is 6.61 Å². The van der Waals surface area contributed by atoms with Crippen LogP contribution in [0.4, 0.5) is 0 Å². The van der Waals surface area contributed by atoms with E-state index in [1.807, 2.05) is 0 Å². The molecule has 0 saturated heterocycles. The van der Waals surface area contributed by atoms with Crippen molar-refractivity contribution < 1.29 is 22.7 Å². The monoisotopic (exact) mass is 428 g/mol. The number of nitrogens with one attached hydrogen (secondary N) is 1. The lowest BCUT2D eigenvalue weighted by atomic mass is 10.2. The van der Waals surface area contributed by atoms with Gasteiger partial charge >= 0.3 is 5.97 Å². The number of carbonyl (C=O) groups excluding carboxylic acids is 1. The number of esters is 1. The van der Waals surface area contributed by atoms with E-state index in [1.54, 1.807) is 30.3 Å². The fourth-order valence-corrected chi connectivity index (χ4v) is 4.05. The lowest BCUT2D eigenvalue weighted by Gasteiger charge is -2.08. The molecule has 0 unspecified atom stereocenters. The highest BCUT2D eigenvalue weighted by atomic mass is 35.5. The Morgan fingerprint density at radius 2 is 1.93 bits per heavy atom. The van der Waals surface area contributed by atoms with Crippen molar-refractivity contribution in [2.45, 2.75) is 4.90 Å². The summed E-state index contributed by atoms with van der Waals surface area (Å²) in [6.45, 7) is -0.253. The van der Waals surface area contributed by atoms with E-state index in [4.69, 9.17) is 32.7 Å². The maximum Gasteiger partial charge on any atom is 0.344 e. The Kier molecular flexibility index (Phi) is 5.88. The number of benzene rings is 2. The first kappa shape index (κ1) is 19.5. The van der Waals surface area contributed by atoms with Gasteiger partial charge in [-0.3, -0.25) is 9.71 Å². The molecule has 1 aliphatic heterocycles. The molecule has 0 aromatic heterocycles. The molecule has 0 radical (unpaired) electrons. The fourth-order valence-electron chi connectivity index (χ4n) is 2.34. The Balaban J connectivity index is 1.49. The summed E-state index contributed by atoms with van der Waals surface area (Å²) in [5.41, 5.74) is 0.490. The van der Waals surface area contributed by atoms with E-state index < -0.39 is 16.0 Å². The summed E-state index contributed by atoms with van der Waals surface area (Å²) in [7, 11) is -3.59. The highest BCUT2D eigenvalue weighted by Crippen LogP contribution is 2.27. The van der Waals surface area contributed by atoms with Gasteiger partial charge in [0.2, 0.25) is 0 Å². The van der Waals surface area contributed by atoms with Crippen molar-refractivity contribution in [3.05, 3.63) is 58.1 Å². The molecule has 0 fully saturated rings. The summed E-state index contributed by atoms with van der Waals surface area (Å²) in [5, 5.41) is 0.743. The van der Waals surface area contributed by atoms with E-state index in [0.29, 0.717) is 16.3 Å². The molecule has 0 amide bonds. The Bertz CT molecular complexity index is 1010. The van der Waals surface area contributed by atoms with Crippen molar-refractivity contribution in [2.75, 3.05) is 19.8 Å². The third-order valence-electron chi connectivity index (χ3n) is 3.53. The van der Waals surface area contributed by atoms with Crippen LogP contribution in [-0.4, -0.2) is 40.0 Å². The number of rotatable bonds is 6. The van der Waals surface area contributed by atoms with Crippen molar-refractivity contribution in [3.8, 4) is 5.75 Å². The molecule has 0 saturated carbocycles. The second-order valence-electron chi connectivity index (χ2n) is 5.42. The second-order valence-corrected chi connectivity index (χ2v) is 7.91. The van der Waals surface area contributed by atoms with E-state index in [0.717, 1.165) is 0 Å². The first-order chi connectivity index (χ1) is 12.9. The van der Waals surface area contributed by atoms with Crippen LogP contribution in [0.15, 0.2) is 52.4 Å². The maximum absolute atomic E-state index is 12.0. The van der Waals surface area contributed by atoms with Gasteiger partial charge in [-0.25, -0.2) is 13.2 Å². The van der Waals surface area contributed by atoms with Gasteiger partial charge < -0.3 is 9.47 Å². The largest absolute Gasteiger partial charge is 0.480 e. The molecular weight excluding hydrogens is 415 g/mol. The zero-order valence-corrected chi connectivity index (χ0v) is 16.1. The van der Waals surface area contributed by atoms with Gasteiger partial charge in [-0.1, -0.05) is 35.3 Å². The standard InChI is InChI=1S/C17H14Cl2N2O5S/c18-11-5-6-14(13(19)9-11)26-10-16(22)25-8-7-20-17-12-3-1-2-4-15(12)27(23,24)21-17/h1-6,9H,7-8,10H2,(H,20,21). The molecule has 1 heterocycles. The van der Waals surface area contributed by atoms with Gasteiger partial charge in [-0.15, -0.1) is 0 Å². The number of amidine groups is 1. The summed E-state index contributed by atoms with van der Waals surface area (Å²) in [6.07, 6.45) is 0. The Hall–Kier alpha value is -2.29. The third-order valence-corrected chi connectivity index (χ3v) is 5.45. The molecule has 142 valence electrons. The SMILES string of the molecule is O=C(COc1ccc(Cl)cc1Cl)OCCN=C1NS(=O)(=O)c2ccccc21. The van der Waals surface area contributed by atoms with Gasteiger partial charge in [0.05, 0.1) is 16.5 Å². The van der Waals surface area contributed by atoms with Crippen LogP contribution in [0.1, 0.15) is 5.56 Å². The molecule has 0 spiro atoms. The van der Waals surface area contributed by atoms with Crippen LogP contribution < -0.4 is 9.46 Å². The Labute approximate surface area is 166 Å². The topological polar surface area (TPSA) is 94.1 Å². The molecule has 1 N–H and O–H groups in total. The lowest BCUT2D eigenvalue weighted by Crippen LogP contribution is -2.23. The number of carbonyl (C=O) groups is 1. The summed E-state index contributed by atoms with van der Waals surface area (Å²) in [6, 6.07) is 11.1. The molecule has 3 rings (SSSR count). The van der Waals surface area contributed by atoms with Crippen molar-refractivity contribution in [1.29, 1.82) is 0 Å². The predicted molar refractivity (Wildman–Crippen MR) is 101 cm³/mol. The number of ether oxygens (including phenoxy) is 2. The number of hydrogen-bond donors (Lipinski definition) is 1. The average molecular weight is 429 g/mol. The van der Waals surface area contributed by atoms with E-state index >= 15 is 0 Å². The van der Waals surface area contributed by atoms with Crippen LogP contribution >= 0.6 is 23.2 Å². The van der Waals surface area contributed by atoms with E-state index in [1.165, 1.54) is 12.1 Å². The number of nitrogens with zero attached hydrogens (tertiary/aromatic N) is 1. The Morgan fingerprint density at radius 1 is 1.15 bits per heavy atom. The summed E-state index contributed by atoms with van der Waals surface area (Å²) in [5.74, 6) is -0.0605. The quantitative estimate of drug-likeness (QED) is 0.563. The zero-order valence-electron chi connectivity index (χ0n) is 13.8. The first-order valence-corrected chi connectivity index (χ1v) is 10.0. The van der Waals surface area contributed by atoms with Crippen LogP contribution in [0.5, 0.6) is 5.75 Å². The molecule has 2 aromatic rings. The maximum atomic E-state index is 12.0. The normalized spacial score (nSPS) is 15.9. The fraction of sp³-hybridized carbons (Fsp3) is 0.176. The van der Waals surface area contributed by atoms with Gasteiger partial charge in [0, 0.05) is 10.6 Å². The van der Waals surface area contributed by atoms with E-state index in [-0.39, 0.29) is 35.5 Å². The van der Waals surface area contributed by atoms with Crippen LogP contribution in [0.25, 0.3) is 0 Å². The van der Waals surface area contributed by atoms with Crippen LogP contribution in [0.2, 0.25) is 10.0 Å². The van der Waals surface area contributed by atoms with Gasteiger partial charge in [-0.2, -0.15) is 0 Å². The molecular formula is C17H14Cl2N2O5S. The highest BCUT2D eigenvalue weighted by molar-refractivity contribution is 7.90. The Morgan fingerprint density at radius 3 is 2.70 bits per heavy atom. The van der Waals surface area contributed by atoms with Crippen molar-refractivity contribution >= 4 is 45.0 Å². The summed E-state index contributed by atoms with van der Waals surface area (Å²) < 4.78 is 36.6. The van der Waals surface area contributed by atoms with E-state index in [2.05, 4.69) is 9.71 Å². The number of aliphatic imine (C=N–C) groups is 1. The van der Waals surface area contributed by atoms with Gasteiger partial charge in [0.1, 0.15) is 18.2 Å². The molecule has 2 aromatic carbocycles. The minimum absolute atomic E-state index is 0.0239. The van der Waals surface area contributed by atoms with Crippen LogP contribution in [0, 0.1) is 0 Å². The van der Waals surface area contributed by atoms with Crippen molar-refractivity contribution in [1.82, 2.24) is 4.72 Å². The predicted octanol–water partition coefficient (Wildman–Crippen LogP) is 2.65. The smallest absolute Gasteiger partial charge is 0.344 e. The molecule has 0 atom stereocenters. The van der Waals surface area contributed by atoms with E-state index in [9.17, 15) is 13.2 Å². The minimum atomic E-state index is -3.59. The molecule has 10 heteroatoms. The highest BCUT2D eigenvalue weighted by Gasteiger charge is 2.29.